The van der Waals surface area contributed by atoms with Crippen molar-refractivity contribution >= 4 is 11.6 Å². The highest BCUT2D eigenvalue weighted by Gasteiger charge is 2.28. The van der Waals surface area contributed by atoms with Crippen molar-refractivity contribution in [2.24, 2.45) is 5.92 Å². The molecule has 0 saturated heterocycles. The molecule has 0 atom stereocenters. The maximum Gasteiger partial charge on any atom is 0.223 e. The number of para-hydroxylation sites is 1. The Bertz CT molecular complexity index is 483. The second-order valence-corrected chi connectivity index (χ2v) is 5.72. The molecule has 1 aromatic carbocycles. The Morgan fingerprint density at radius 3 is 3.05 bits per heavy atom. The summed E-state index contributed by atoms with van der Waals surface area (Å²) in [6, 6.07) is 6.52. The lowest BCUT2D eigenvalue weighted by atomic mass is 9.99. The third-order valence-corrected chi connectivity index (χ3v) is 4.03. The van der Waals surface area contributed by atoms with Crippen LogP contribution in [0.1, 0.15) is 30.4 Å². The Labute approximate surface area is 120 Å². The molecule has 0 bridgehead atoms. The lowest BCUT2D eigenvalue weighted by molar-refractivity contribution is -0.122. The van der Waals surface area contributed by atoms with Gasteiger partial charge in [-0.2, -0.15) is 0 Å². The molecule has 108 valence electrons. The number of fused-ring (bicyclic) bond motifs is 1. The number of nitrogens with one attached hydrogen (secondary N) is 3. The summed E-state index contributed by atoms with van der Waals surface area (Å²) in [6.07, 6.45) is 4.53. The molecule has 1 aliphatic carbocycles. The molecule has 0 unspecified atom stereocenters. The predicted molar refractivity (Wildman–Crippen MR) is 80.7 cm³/mol. The number of hydrogen-bond donors (Lipinski definition) is 3. The van der Waals surface area contributed by atoms with Gasteiger partial charge in [0.1, 0.15) is 0 Å². The molecule has 1 saturated carbocycles. The lowest BCUT2D eigenvalue weighted by Gasteiger charge is -2.21. The Balaban J connectivity index is 1.43. The zero-order valence-electron chi connectivity index (χ0n) is 11.9. The largest absolute Gasteiger partial charge is 0.385 e. The molecule has 20 heavy (non-hydrogen) atoms. The van der Waals surface area contributed by atoms with Gasteiger partial charge in [-0.25, -0.2) is 0 Å². The lowest BCUT2D eigenvalue weighted by Crippen LogP contribution is -2.32. The SMILES string of the molecule is O=C(NCCNCc1cccc2c1NCCC2)C1CC1. The van der Waals surface area contributed by atoms with Crippen LogP contribution in [0, 0.1) is 5.92 Å². The summed E-state index contributed by atoms with van der Waals surface area (Å²) >= 11 is 0. The third kappa shape index (κ3) is 3.31. The van der Waals surface area contributed by atoms with E-state index in [4.69, 9.17) is 0 Å². The molecule has 3 N–H and O–H groups in total. The molecule has 3 rings (SSSR count). The summed E-state index contributed by atoms with van der Waals surface area (Å²) in [5, 5.41) is 9.89. The second kappa shape index (κ2) is 6.27. The van der Waals surface area contributed by atoms with Gasteiger partial charge in [0, 0.05) is 37.8 Å². The average molecular weight is 273 g/mol. The fraction of sp³-hybridized carbons (Fsp3) is 0.562. The first kappa shape index (κ1) is 13.4. The molecule has 0 spiro atoms. The van der Waals surface area contributed by atoms with Crippen molar-refractivity contribution in [2.75, 3.05) is 25.0 Å². The number of carbonyl (C=O) groups excluding carboxylic acids is 1. The van der Waals surface area contributed by atoms with Gasteiger partial charge in [-0.15, -0.1) is 0 Å². The fourth-order valence-electron chi connectivity index (χ4n) is 2.72. The van der Waals surface area contributed by atoms with E-state index in [0.29, 0.717) is 5.92 Å². The monoisotopic (exact) mass is 273 g/mol. The Kier molecular flexibility index (Phi) is 4.21. The summed E-state index contributed by atoms with van der Waals surface area (Å²) < 4.78 is 0. The van der Waals surface area contributed by atoms with Gasteiger partial charge in [-0.05, 0) is 36.8 Å². The molecule has 1 aliphatic heterocycles. The van der Waals surface area contributed by atoms with Gasteiger partial charge in [0.25, 0.3) is 0 Å². The highest BCUT2D eigenvalue weighted by molar-refractivity contribution is 5.80. The van der Waals surface area contributed by atoms with Crippen molar-refractivity contribution < 1.29 is 4.79 Å². The third-order valence-electron chi connectivity index (χ3n) is 4.03. The van der Waals surface area contributed by atoms with Gasteiger partial charge in [-0.3, -0.25) is 4.79 Å². The van der Waals surface area contributed by atoms with Crippen LogP contribution in [0.15, 0.2) is 18.2 Å². The van der Waals surface area contributed by atoms with Crippen LogP contribution in [0.5, 0.6) is 0 Å². The summed E-state index contributed by atoms with van der Waals surface area (Å²) in [6.45, 7) is 3.47. The molecule has 0 aromatic heterocycles. The van der Waals surface area contributed by atoms with Crippen LogP contribution >= 0.6 is 0 Å². The van der Waals surface area contributed by atoms with E-state index in [2.05, 4.69) is 34.1 Å². The average Bonchev–Trinajstić information content (AvgIpc) is 3.31. The van der Waals surface area contributed by atoms with Crippen molar-refractivity contribution in [1.29, 1.82) is 0 Å². The van der Waals surface area contributed by atoms with E-state index in [1.807, 2.05) is 0 Å². The molecular weight excluding hydrogens is 250 g/mol. The van der Waals surface area contributed by atoms with Crippen LogP contribution in [0.4, 0.5) is 5.69 Å². The van der Waals surface area contributed by atoms with Crippen molar-refractivity contribution in [3.05, 3.63) is 29.3 Å². The summed E-state index contributed by atoms with van der Waals surface area (Å²) in [7, 11) is 0. The smallest absolute Gasteiger partial charge is 0.223 e. The van der Waals surface area contributed by atoms with Crippen LogP contribution < -0.4 is 16.0 Å². The topological polar surface area (TPSA) is 53.2 Å². The van der Waals surface area contributed by atoms with Gasteiger partial charge in [0.15, 0.2) is 0 Å². The van der Waals surface area contributed by atoms with E-state index in [-0.39, 0.29) is 5.91 Å². The van der Waals surface area contributed by atoms with E-state index < -0.39 is 0 Å². The zero-order chi connectivity index (χ0) is 13.8. The number of aryl methyl sites for hydroxylation is 1. The van der Waals surface area contributed by atoms with Gasteiger partial charge < -0.3 is 16.0 Å². The van der Waals surface area contributed by atoms with Gasteiger partial charge in [0.2, 0.25) is 5.91 Å². The normalized spacial score (nSPS) is 17.2. The van der Waals surface area contributed by atoms with Gasteiger partial charge >= 0.3 is 0 Å². The van der Waals surface area contributed by atoms with Gasteiger partial charge in [-0.1, -0.05) is 18.2 Å². The number of carbonyl (C=O) groups is 1. The van der Waals surface area contributed by atoms with E-state index in [1.165, 1.54) is 29.7 Å². The molecule has 2 aliphatic rings. The van der Waals surface area contributed by atoms with Crippen LogP contribution in [-0.2, 0) is 17.8 Å². The maximum atomic E-state index is 11.5. The van der Waals surface area contributed by atoms with Crippen LogP contribution in [0.3, 0.4) is 0 Å². The van der Waals surface area contributed by atoms with E-state index in [0.717, 1.165) is 39.0 Å². The maximum absolute atomic E-state index is 11.5. The molecule has 1 aromatic rings. The minimum absolute atomic E-state index is 0.227. The Hall–Kier alpha value is -1.55. The van der Waals surface area contributed by atoms with Gasteiger partial charge in [0.05, 0.1) is 0 Å². The quantitative estimate of drug-likeness (QED) is 0.691. The first-order valence-electron chi connectivity index (χ1n) is 7.67. The first-order valence-corrected chi connectivity index (χ1v) is 7.67. The summed E-state index contributed by atoms with van der Waals surface area (Å²) in [5.41, 5.74) is 4.07. The zero-order valence-corrected chi connectivity index (χ0v) is 11.9. The number of rotatable bonds is 6. The molecule has 4 heteroatoms. The molecule has 1 heterocycles. The van der Waals surface area contributed by atoms with E-state index in [9.17, 15) is 4.79 Å². The molecule has 1 fully saturated rings. The standard InChI is InChI=1S/C16H23N3O/c20-16(13-6-7-13)19-10-9-17-11-14-4-1-3-12-5-2-8-18-15(12)14/h1,3-4,13,17-18H,2,5-11H2,(H,19,20). The number of amides is 1. The second-order valence-electron chi connectivity index (χ2n) is 5.72. The first-order chi connectivity index (χ1) is 9.84. The Morgan fingerprint density at radius 2 is 2.20 bits per heavy atom. The number of anilines is 1. The van der Waals surface area contributed by atoms with Crippen molar-refractivity contribution in [2.45, 2.75) is 32.2 Å². The van der Waals surface area contributed by atoms with Crippen molar-refractivity contribution in [3.8, 4) is 0 Å². The number of benzene rings is 1. The van der Waals surface area contributed by atoms with Crippen LogP contribution in [-0.4, -0.2) is 25.5 Å². The Morgan fingerprint density at radius 1 is 1.30 bits per heavy atom. The molecular formula is C16H23N3O. The summed E-state index contributed by atoms with van der Waals surface area (Å²) in [5.74, 6) is 0.533. The predicted octanol–water partition coefficient (Wildman–Crippen LogP) is 1.66. The molecule has 4 nitrogen and oxygen atoms in total. The minimum atomic E-state index is 0.227. The van der Waals surface area contributed by atoms with Crippen molar-refractivity contribution in [1.82, 2.24) is 10.6 Å². The molecule has 1 amide bonds. The highest BCUT2D eigenvalue weighted by atomic mass is 16.2. The highest BCUT2D eigenvalue weighted by Crippen LogP contribution is 2.28. The van der Waals surface area contributed by atoms with Crippen LogP contribution in [0.2, 0.25) is 0 Å². The summed E-state index contributed by atoms with van der Waals surface area (Å²) in [4.78, 5) is 11.5. The van der Waals surface area contributed by atoms with E-state index in [1.54, 1.807) is 0 Å². The van der Waals surface area contributed by atoms with E-state index >= 15 is 0 Å². The fourth-order valence-corrected chi connectivity index (χ4v) is 2.72. The molecule has 0 radical (unpaired) electrons. The van der Waals surface area contributed by atoms with Crippen molar-refractivity contribution in [3.63, 3.8) is 0 Å². The number of hydrogen-bond acceptors (Lipinski definition) is 3. The minimum Gasteiger partial charge on any atom is -0.385 e. The van der Waals surface area contributed by atoms with Crippen LogP contribution in [0.25, 0.3) is 0 Å².